The number of esters is 1. The monoisotopic (exact) mass is 401 g/mol. The van der Waals surface area contributed by atoms with Crippen LogP contribution in [0.15, 0.2) is 22.9 Å². The molecule has 0 bridgehead atoms. The average molecular weight is 401 g/mol. The zero-order valence-electron chi connectivity index (χ0n) is 17.1. The van der Waals surface area contributed by atoms with Crippen LogP contribution in [0.25, 0.3) is 11.4 Å². The molecule has 9 nitrogen and oxygen atoms in total. The van der Waals surface area contributed by atoms with Crippen molar-refractivity contribution >= 4 is 17.7 Å². The van der Waals surface area contributed by atoms with Crippen LogP contribution >= 0.6 is 0 Å². The molecular formula is C20H27N5O4. The number of nitrogens with zero attached hydrogens (tertiary/aromatic N) is 5. The summed E-state index contributed by atoms with van der Waals surface area (Å²) in [6, 6.07) is 3.85. The zero-order chi connectivity index (χ0) is 20.8. The molecule has 1 amide bonds. The number of amides is 1. The third-order valence-corrected chi connectivity index (χ3v) is 4.75. The topological polar surface area (TPSA) is 102 Å². The Hall–Kier alpha value is -2.97. The summed E-state index contributed by atoms with van der Waals surface area (Å²) in [6.45, 7) is 8.68. The molecule has 2 aromatic rings. The van der Waals surface area contributed by atoms with Crippen LogP contribution in [0.2, 0.25) is 0 Å². The molecule has 0 N–H and O–H groups in total. The first-order chi connectivity index (χ1) is 14.0. The Kier molecular flexibility index (Phi) is 6.79. The molecule has 0 spiro atoms. The molecule has 3 rings (SSSR count). The van der Waals surface area contributed by atoms with Crippen molar-refractivity contribution in [2.45, 2.75) is 39.5 Å². The highest BCUT2D eigenvalue weighted by molar-refractivity contribution is 5.81. The summed E-state index contributed by atoms with van der Waals surface area (Å²) in [7, 11) is 0. The Morgan fingerprint density at radius 3 is 2.52 bits per heavy atom. The summed E-state index contributed by atoms with van der Waals surface area (Å²) in [5, 5.41) is 4.00. The van der Waals surface area contributed by atoms with E-state index in [4.69, 9.17) is 9.26 Å². The number of pyridine rings is 1. The minimum atomic E-state index is -0.328. The van der Waals surface area contributed by atoms with Crippen LogP contribution < -0.4 is 4.90 Å². The first kappa shape index (κ1) is 20.8. The highest BCUT2D eigenvalue weighted by Gasteiger charge is 2.22. The van der Waals surface area contributed by atoms with Gasteiger partial charge in [-0.1, -0.05) is 19.0 Å². The van der Waals surface area contributed by atoms with Crippen molar-refractivity contribution in [1.29, 1.82) is 0 Å². The third kappa shape index (κ3) is 5.30. The number of hydrogen-bond acceptors (Lipinski definition) is 8. The van der Waals surface area contributed by atoms with E-state index in [1.54, 1.807) is 18.0 Å². The Morgan fingerprint density at radius 2 is 1.93 bits per heavy atom. The van der Waals surface area contributed by atoms with Gasteiger partial charge in [0.25, 0.3) is 0 Å². The number of carbonyl (C=O) groups is 2. The summed E-state index contributed by atoms with van der Waals surface area (Å²) < 4.78 is 10.1. The van der Waals surface area contributed by atoms with Gasteiger partial charge in [-0.3, -0.25) is 9.59 Å². The quantitative estimate of drug-likeness (QED) is 0.651. The first-order valence-corrected chi connectivity index (χ1v) is 9.96. The molecule has 1 aliphatic heterocycles. The lowest BCUT2D eigenvalue weighted by Crippen LogP contribution is -2.49. The fraction of sp³-hybridized carbons (Fsp3) is 0.550. The van der Waals surface area contributed by atoms with Gasteiger partial charge in [0.15, 0.2) is 0 Å². The summed E-state index contributed by atoms with van der Waals surface area (Å²) in [4.78, 5) is 36.5. The number of anilines is 1. The minimum Gasteiger partial charge on any atom is -0.466 e. The van der Waals surface area contributed by atoms with Crippen molar-refractivity contribution in [3.63, 3.8) is 0 Å². The Labute approximate surface area is 170 Å². The molecule has 3 heterocycles. The number of aromatic nitrogens is 3. The number of ether oxygens (including phenoxy) is 1. The van der Waals surface area contributed by atoms with Gasteiger partial charge < -0.3 is 19.1 Å². The van der Waals surface area contributed by atoms with Crippen LogP contribution in [0, 0.1) is 0 Å². The van der Waals surface area contributed by atoms with Gasteiger partial charge in [0, 0.05) is 50.3 Å². The van der Waals surface area contributed by atoms with E-state index in [-0.39, 0.29) is 30.6 Å². The number of rotatable bonds is 7. The second-order valence-electron chi connectivity index (χ2n) is 7.19. The second kappa shape index (κ2) is 9.49. The lowest BCUT2D eigenvalue weighted by Gasteiger charge is -2.35. The number of hydrogen-bond donors (Lipinski definition) is 0. The third-order valence-electron chi connectivity index (χ3n) is 4.75. The molecule has 29 heavy (non-hydrogen) atoms. The highest BCUT2D eigenvalue weighted by Crippen LogP contribution is 2.21. The Bertz CT molecular complexity index is 826. The maximum Gasteiger partial charge on any atom is 0.306 e. The van der Waals surface area contributed by atoms with Gasteiger partial charge in [-0.2, -0.15) is 4.98 Å². The fourth-order valence-electron chi connectivity index (χ4n) is 3.08. The lowest BCUT2D eigenvalue weighted by molar-refractivity contribution is -0.145. The summed E-state index contributed by atoms with van der Waals surface area (Å²) in [6.07, 6.45) is 2.06. The van der Waals surface area contributed by atoms with Crippen LogP contribution in [0.3, 0.4) is 0 Å². The molecule has 0 aromatic carbocycles. The van der Waals surface area contributed by atoms with E-state index in [0.717, 1.165) is 11.4 Å². The van der Waals surface area contributed by atoms with Crippen molar-refractivity contribution in [1.82, 2.24) is 20.0 Å². The van der Waals surface area contributed by atoms with Gasteiger partial charge in [-0.15, -0.1) is 0 Å². The van der Waals surface area contributed by atoms with Crippen LogP contribution in [0.5, 0.6) is 0 Å². The van der Waals surface area contributed by atoms with Crippen LogP contribution in [0.4, 0.5) is 5.82 Å². The minimum absolute atomic E-state index is 0.0147. The van der Waals surface area contributed by atoms with Crippen molar-refractivity contribution in [3.8, 4) is 11.4 Å². The van der Waals surface area contributed by atoms with E-state index in [1.807, 2.05) is 26.0 Å². The standard InChI is InChI=1S/C20H27N5O4/c1-4-28-18(27)8-7-17(26)25-11-9-24(10-12-25)16-6-5-15(13-21-16)19-22-20(14(2)3)29-23-19/h5-6,13-14H,4,7-12H2,1-3H3. The molecule has 0 radical (unpaired) electrons. The van der Waals surface area contributed by atoms with E-state index in [2.05, 4.69) is 20.0 Å². The zero-order valence-corrected chi connectivity index (χ0v) is 17.1. The molecule has 9 heteroatoms. The Balaban J connectivity index is 1.51. The van der Waals surface area contributed by atoms with Crippen LogP contribution in [-0.4, -0.2) is 64.7 Å². The molecule has 0 saturated carbocycles. The molecule has 1 fully saturated rings. The summed E-state index contributed by atoms with van der Waals surface area (Å²) in [5.74, 6) is 1.82. The van der Waals surface area contributed by atoms with Gasteiger partial charge >= 0.3 is 5.97 Å². The van der Waals surface area contributed by atoms with Gasteiger partial charge in [0.05, 0.1) is 13.0 Å². The molecule has 2 aromatic heterocycles. The van der Waals surface area contributed by atoms with E-state index >= 15 is 0 Å². The van der Waals surface area contributed by atoms with Crippen molar-refractivity contribution in [2.24, 2.45) is 0 Å². The molecule has 0 unspecified atom stereocenters. The van der Waals surface area contributed by atoms with E-state index in [0.29, 0.717) is 44.5 Å². The lowest BCUT2D eigenvalue weighted by atomic mass is 10.2. The normalized spacial score (nSPS) is 14.3. The summed E-state index contributed by atoms with van der Waals surface area (Å²) >= 11 is 0. The van der Waals surface area contributed by atoms with Gasteiger partial charge in [0.1, 0.15) is 5.82 Å². The van der Waals surface area contributed by atoms with Crippen molar-refractivity contribution in [2.75, 3.05) is 37.7 Å². The van der Waals surface area contributed by atoms with Crippen molar-refractivity contribution in [3.05, 3.63) is 24.2 Å². The smallest absolute Gasteiger partial charge is 0.306 e. The van der Waals surface area contributed by atoms with Crippen LogP contribution in [0.1, 0.15) is 45.4 Å². The molecular weight excluding hydrogens is 374 g/mol. The maximum atomic E-state index is 12.3. The molecule has 1 saturated heterocycles. The number of carbonyl (C=O) groups excluding carboxylic acids is 2. The predicted molar refractivity (Wildman–Crippen MR) is 106 cm³/mol. The van der Waals surface area contributed by atoms with Gasteiger partial charge in [-0.25, -0.2) is 4.98 Å². The Morgan fingerprint density at radius 1 is 1.17 bits per heavy atom. The number of piperazine rings is 1. The predicted octanol–water partition coefficient (Wildman–Crippen LogP) is 2.25. The average Bonchev–Trinajstić information content (AvgIpc) is 3.23. The SMILES string of the molecule is CCOC(=O)CCC(=O)N1CCN(c2ccc(-c3noc(C(C)C)n3)cn2)CC1. The van der Waals surface area contributed by atoms with Gasteiger partial charge in [-0.05, 0) is 19.1 Å². The molecule has 156 valence electrons. The van der Waals surface area contributed by atoms with E-state index in [9.17, 15) is 9.59 Å². The molecule has 1 aliphatic rings. The van der Waals surface area contributed by atoms with Crippen LogP contribution in [-0.2, 0) is 14.3 Å². The fourth-order valence-corrected chi connectivity index (χ4v) is 3.08. The molecule has 0 aliphatic carbocycles. The van der Waals surface area contributed by atoms with Gasteiger partial charge in [0.2, 0.25) is 17.6 Å². The van der Waals surface area contributed by atoms with E-state index < -0.39 is 0 Å². The van der Waals surface area contributed by atoms with E-state index in [1.165, 1.54) is 0 Å². The van der Waals surface area contributed by atoms with Crippen molar-refractivity contribution < 1.29 is 18.8 Å². The highest BCUT2D eigenvalue weighted by atomic mass is 16.5. The largest absolute Gasteiger partial charge is 0.466 e. The summed E-state index contributed by atoms with van der Waals surface area (Å²) in [5.41, 5.74) is 0.803. The second-order valence-corrected chi connectivity index (χ2v) is 7.19. The first-order valence-electron chi connectivity index (χ1n) is 9.96. The maximum absolute atomic E-state index is 12.3. The molecule has 0 atom stereocenters.